The van der Waals surface area contributed by atoms with Crippen LogP contribution < -0.4 is 10.1 Å². The van der Waals surface area contributed by atoms with Crippen LogP contribution in [0.1, 0.15) is 24.5 Å². The minimum absolute atomic E-state index is 0.192. The standard InChI is InChI=1S/C27H27Br2ClN2O3/c1-2-14-31-27(34)24(15-19-6-4-3-5-7-19)32(17-20-8-10-21(28)11-9-20)26(33)18-35-25-13-12-22(29)16-23(25)30/h3-13,16,24H,2,14-15,17-18H2,1H3,(H,31,34). The molecular formula is C27H27Br2ClN2O3. The number of halogens is 3. The quantitative estimate of drug-likeness (QED) is 0.269. The third-order valence-corrected chi connectivity index (χ3v) is 6.65. The number of rotatable bonds is 11. The van der Waals surface area contributed by atoms with Crippen LogP contribution in [0.15, 0.2) is 81.7 Å². The topological polar surface area (TPSA) is 58.6 Å². The van der Waals surface area contributed by atoms with Crippen molar-refractivity contribution in [1.29, 1.82) is 0 Å². The molecule has 2 amide bonds. The number of hydrogen-bond donors (Lipinski definition) is 1. The monoisotopic (exact) mass is 620 g/mol. The van der Waals surface area contributed by atoms with E-state index >= 15 is 0 Å². The van der Waals surface area contributed by atoms with E-state index in [2.05, 4.69) is 37.2 Å². The molecule has 1 atom stereocenters. The number of nitrogens with zero attached hydrogens (tertiary/aromatic N) is 1. The molecule has 1 unspecified atom stereocenters. The van der Waals surface area contributed by atoms with Gasteiger partial charge in [0.15, 0.2) is 6.61 Å². The SMILES string of the molecule is CCCNC(=O)C(Cc1ccccc1)N(Cc1ccc(Br)cc1)C(=O)COc1ccc(Br)cc1Cl. The summed E-state index contributed by atoms with van der Waals surface area (Å²) in [6, 6.07) is 21.9. The lowest BCUT2D eigenvalue weighted by Gasteiger charge is -2.31. The average Bonchev–Trinajstić information content (AvgIpc) is 2.85. The summed E-state index contributed by atoms with van der Waals surface area (Å²) in [5.74, 6) is -0.0934. The number of benzene rings is 3. The molecule has 0 aromatic heterocycles. The molecule has 3 rings (SSSR count). The van der Waals surface area contributed by atoms with Gasteiger partial charge in [0.25, 0.3) is 5.91 Å². The molecule has 0 fully saturated rings. The van der Waals surface area contributed by atoms with Gasteiger partial charge in [0.05, 0.1) is 5.02 Å². The Bertz CT molecular complexity index is 1130. The van der Waals surface area contributed by atoms with E-state index in [1.54, 1.807) is 23.1 Å². The summed E-state index contributed by atoms with van der Waals surface area (Å²) in [5, 5.41) is 3.36. The van der Waals surface area contributed by atoms with Crippen LogP contribution in [-0.2, 0) is 22.6 Å². The van der Waals surface area contributed by atoms with Gasteiger partial charge in [-0.2, -0.15) is 0 Å². The Hall–Kier alpha value is -2.35. The number of ether oxygens (including phenoxy) is 1. The normalized spacial score (nSPS) is 11.5. The summed E-state index contributed by atoms with van der Waals surface area (Å²) in [6.45, 7) is 2.55. The van der Waals surface area contributed by atoms with Crippen molar-refractivity contribution in [2.24, 2.45) is 0 Å². The largest absolute Gasteiger partial charge is 0.482 e. The summed E-state index contributed by atoms with van der Waals surface area (Å²) < 4.78 is 7.52. The van der Waals surface area contributed by atoms with Crippen LogP contribution in [0, 0.1) is 0 Å². The van der Waals surface area contributed by atoms with Crippen LogP contribution in [0.4, 0.5) is 0 Å². The zero-order chi connectivity index (χ0) is 25.2. The molecule has 0 radical (unpaired) electrons. The van der Waals surface area contributed by atoms with Crippen molar-refractivity contribution in [3.05, 3.63) is 97.9 Å². The Labute approximate surface area is 228 Å². The average molecular weight is 623 g/mol. The second-order valence-corrected chi connectivity index (χ2v) is 10.2. The van der Waals surface area contributed by atoms with Crippen molar-refractivity contribution in [2.75, 3.05) is 13.2 Å². The van der Waals surface area contributed by atoms with E-state index in [4.69, 9.17) is 16.3 Å². The Morgan fingerprint density at radius 1 is 0.971 bits per heavy atom. The summed E-state index contributed by atoms with van der Waals surface area (Å²) in [4.78, 5) is 28.4. The first kappa shape index (κ1) is 27.2. The molecule has 0 aliphatic heterocycles. The van der Waals surface area contributed by atoms with Crippen LogP contribution in [0.25, 0.3) is 0 Å². The highest BCUT2D eigenvalue weighted by molar-refractivity contribution is 9.10. The maximum absolute atomic E-state index is 13.5. The van der Waals surface area contributed by atoms with Gasteiger partial charge in [0.2, 0.25) is 5.91 Å². The fraction of sp³-hybridized carbons (Fsp3) is 0.259. The molecule has 0 heterocycles. The highest BCUT2D eigenvalue weighted by Crippen LogP contribution is 2.28. The molecule has 0 spiro atoms. The van der Waals surface area contributed by atoms with Gasteiger partial charge in [0, 0.05) is 28.5 Å². The van der Waals surface area contributed by atoms with Crippen molar-refractivity contribution in [1.82, 2.24) is 10.2 Å². The van der Waals surface area contributed by atoms with Gasteiger partial charge in [-0.1, -0.05) is 92.8 Å². The summed E-state index contributed by atoms with van der Waals surface area (Å²) in [5.41, 5.74) is 1.87. The Kier molecular flexibility index (Phi) is 10.6. The molecule has 5 nitrogen and oxygen atoms in total. The third kappa shape index (κ3) is 8.37. The molecule has 8 heteroatoms. The highest BCUT2D eigenvalue weighted by Gasteiger charge is 2.30. The molecule has 184 valence electrons. The van der Waals surface area contributed by atoms with Gasteiger partial charge in [-0.05, 0) is 47.9 Å². The van der Waals surface area contributed by atoms with E-state index in [1.807, 2.05) is 61.5 Å². The maximum Gasteiger partial charge on any atom is 0.261 e. The van der Waals surface area contributed by atoms with Crippen molar-refractivity contribution >= 4 is 55.3 Å². The first-order chi connectivity index (χ1) is 16.9. The molecule has 0 aliphatic rings. The lowest BCUT2D eigenvalue weighted by atomic mass is 10.0. The molecule has 3 aromatic carbocycles. The van der Waals surface area contributed by atoms with Crippen molar-refractivity contribution in [3.63, 3.8) is 0 Å². The van der Waals surface area contributed by atoms with Crippen LogP contribution >= 0.6 is 43.5 Å². The van der Waals surface area contributed by atoms with E-state index in [0.717, 1.165) is 26.5 Å². The second-order valence-electron chi connectivity index (χ2n) is 8.01. The van der Waals surface area contributed by atoms with Gasteiger partial charge in [-0.25, -0.2) is 0 Å². The van der Waals surface area contributed by atoms with E-state index in [1.165, 1.54) is 0 Å². The fourth-order valence-electron chi connectivity index (χ4n) is 3.52. The first-order valence-corrected chi connectivity index (χ1v) is 13.3. The van der Waals surface area contributed by atoms with Crippen LogP contribution in [0.3, 0.4) is 0 Å². The summed E-state index contributed by atoms with van der Waals surface area (Å²) >= 11 is 13.1. The number of nitrogens with one attached hydrogen (secondary N) is 1. The number of carbonyl (C=O) groups excluding carboxylic acids is 2. The molecule has 0 aliphatic carbocycles. The van der Waals surface area contributed by atoms with Gasteiger partial charge in [0.1, 0.15) is 11.8 Å². The van der Waals surface area contributed by atoms with Crippen molar-refractivity contribution in [3.8, 4) is 5.75 Å². The molecule has 1 N–H and O–H groups in total. The van der Waals surface area contributed by atoms with E-state index in [0.29, 0.717) is 23.7 Å². The van der Waals surface area contributed by atoms with Crippen LogP contribution in [0.2, 0.25) is 5.02 Å². The molecular weight excluding hydrogens is 596 g/mol. The van der Waals surface area contributed by atoms with Crippen LogP contribution in [-0.4, -0.2) is 35.9 Å². The maximum atomic E-state index is 13.5. The number of carbonyl (C=O) groups is 2. The Balaban J connectivity index is 1.89. The minimum Gasteiger partial charge on any atom is -0.482 e. The zero-order valence-electron chi connectivity index (χ0n) is 19.3. The molecule has 0 saturated carbocycles. The van der Waals surface area contributed by atoms with E-state index < -0.39 is 6.04 Å². The molecule has 35 heavy (non-hydrogen) atoms. The Morgan fingerprint density at radius 2 is 1.66 bits per heavy atom. The molecule has 0 bridgehead atoms. The third-order valence-electron chi connectivity index (χ3n) is 5.33. The van der Waals surface area contributed by atoms with Gasteiger partial charge < -0.3 is 15.0 Å². The smallest absolute Gasteiger partial charge is 0.261 e. The van der Waals surface area contributed by atoms with Gasteiger partial charge in [-0.3, -0.25) is 9.59 Å². The molecule has 0 saturated heterocycles. The summed E-state index contributed by atoms with van der Waals surface area (Å²) in [7, 11) is 0. The van der Waals surface area contributed by atoms with E-state index in [9.17, 15) is 9.59 Å². The van der Waals surface area contributed by atoms with Gasteiger partial charge in [-0.15, -0.1) is 0 Å². The minimum atomic E-state index is -0.705. The first-order valence-electron chi connectivity index (χ1n) is 11.3. The number of amides is 2. The van der Waals surface area contributed by atoms with Crippen LogP contribution in [0.5, 0.6) is 5.75 Å². The van der Waals surface area contributed by atoms with E-state index in [-0.39, 0.29) is 25.0 Å². The Morgan fingerprint density at radius 3 is 2.31 bits per heavy atom. The molecule has 3 aromatic rings. The van der Waals surface area contributed by atoms with Crippen molar-refractivity contribution in [2.45, 2.75) is 32.4 Å². The number of hydrogen-bond acceptors (Lipinski definition) is 3. The second kappa shape index (κ2) is 13.7. The highest BCUT2D eigenvalue weighted by atomic mass is 79.9. The fourth-order valence-corrected chi connectivity index (χ4v) is 4.51. The predicted molar refractivity (Wildman–Crippen MR) is 147 cm³/mol. The predicted octanol–water partition coefficient (Wildman–Crippen LogP) is 6.41. The lowest BCUT2D eigenvalue weighted by Crippen LogP contribution is -2.51. The van der Waals surface area contributed by atoms with Gasteiger partial charge >= 0.3 is 0 Å². The van der Waals surface area contributed by atoms with Crippen molar-refractivity contribution < 1.29 is 14.3 Å². The summed E-state index contributed by atoms with van der Waals surface area (Å²) in [6.07, 6.45) is 1.19. The zero-order valence-corrected chi connectivity index (χ0v) is 23.3. The lowest BCUT2D eigenvalue weighted by molar-refractivity contribution is -0.142.